The fourth-order valence-electron chi connectivity index (χ4n) is 0.653. The molecule has 0 rings (SSSR count). The molecule has 1 amide bonds. The second-order valence-electron chi connectivity index (χ2n) is 2.01. The summed E-state index contributed by atoms with van der Waals surface area (Å²) in [5, 5.41) is 0. The van der Waals surface area contributed by atoms with Crippen molar-refractivity contribution in [1.82, 2.24) is 0 Å². The summed E-state index contributed by atoms with van der Waals surface area (Å²) in [4.78, 5) is 21.3. The molecule has 2 N–H and O–H groups in total. The first-order valence-corrected chi connectivity index (χ1v) is 3.22. The molecule has 0 bridgehead atoms. The third-order valence-electron chi connectivity index (χ3n) is 1.19. The summed E-state index contributed by atoms with van der Waals surface area (Å²) in [6.45, 7) is 5.12. The third kappa shape index (κ3) is 3.35. The van der Waals surface area contributed by atoms with Gasteiger partial charge in [0.25, 0.3) is 0 Å². The average Bonchev–Trinajstić information content (AvgIpc) is 1.88. The number of hydrogen-bond donors (Lipinski definition) is 1. The van der Waals surface area contributed by atoms with Crippen molar-refractivity contribution >= 4 is 11.7 Å². The van der Waals surface area contributed by atoms with Gasteiger partial charge in [-0.2, -0.15) is 0 Å². The van der Waals surface area contributed by atoms with Crippen LogP contribution in [0.15, 0.2) is 24.3 Å². The standard InChI is InChI=1S/C8H11NO2/c1-3-6(4-2)7(10)5-8(9)11/h3-4H,1,5H2,2H3,(H2,9,11)/b6-4+. The molecule has 0 aromatic heterocycles. The number of hydrogen-bond acceptors (Lipinski definition) is 2. The van der Waals surface area contributed by atoms with Crippen molar-refractivity contribution in [1.29, 1.82) is 0 Å². The number of ketones is 1. The first-order valence-electron chi connectivity index (χ1n) is 3.22. The van der Waals surface area contributed by atoms with Crippen LogP contribution in [0.3, 0.4) is 0 Å². The molecule has 0 aliphatic rings. The van der Waals surface area contributed by atoms with Crippen LogP contribution in [-0.2, 0) is 9.59 Å². The molecule has 0 aliphatic heterocycles. The normalized spacial score (nSPS) is 10.8. The van der Waals surface area contributed by atoms with Crippen LogP contribution in [0.4, 0.5) is 0 Å². The molecule has 0 saturated heterocycles. The summed E-state index contributed by atoms with van der Waals surface area (Å²) in [5.41, 5.74) is 5.25. The Bertz CT molecular complexity index is 216. The zero-order valence-corrected chi connectivity index (χ0v) is 6.46. The van der Waals surface area contributed by atoms with Gasteiger partial charge in [0.2, 0.25) is 5.91 Å². The van der Waals surface area contributed by atoms with Crippen molar-refractivity contribution in [2.45, 2.75) is 13.3 Å². The van der Waals surface area contributed by atoms with Gasteiger partial charge in [-0.1, -0.05) is 18.7 Å². The molecular weight excluding hydrogens is 142 g/mol. The van der Waals surface area contributed by atoms with Crippen molar-refractivity contribution < 1.29 is 9.59 Å². The summed E-state index contributed by atoms with van der Waals surface area (Å²) in [5.74, 6) is -0.897. The first kappa shape index (κ1) is 9.62. The van der Waals surface area contributed by atoms with E-state index in [-0.39, 0.29) is 12.2 Å². The topological polar surface area (TPSA) is 60.2 Å². The lowest BCUT2D eigenvalue weighted by Gasteiger charge is -1.95. The van der Waals surface area contributed by atoms with Crippen molar-refractivity contribution in [3.63, 3.8) is 0 Å². The van der Waals surface area contributed by atoms with E-state index in [2.05, 4.69) is 6.58 Å². The lowest BCUT2D eigenvalue weighted by molar-refractivity contribution is -0.124. The molecule has 0 aromatic carbocycles. The summed E-state index contributed by atoms with van der Waals surface area (Å²) < 4.78 is 0. The van der Waals surface area contributed by atoms with Crippen LogP contribution in [-0.4, -0.2) is 11.7 Å². The van der Waals surface area contributed by atoms with E-state index < -0.39 is 5.91 Å². The Morgan fingerprint density at radius 2 is 2.09 bits per heavy atom. The fourth-order valence-corrected chi connectivity index (χ4v) is 0.653. The van der Waals surface area contributed by atoms with E-state index in [0.29, 0.717) is 5.57 Å². The summed E-state index contributed by atoms with van der Waals surface area (Å²) >= 11 is 0. The predicted octanol–water partition coefficient (Wildman–Crippen LogP) is 0.563. The van der Waals surface area contributed by atoms with Crippen LogP contribution >= 0.6 is 0 Å². The smallest absolute Gasteiger partial charge is 0.225 e. The molecule has 0 heterocycles. The summed E-state index contributed by atoms with van der Waals surface area (Å²) in [7, 11) is 0. The molecule has 0 saturated carbocycles. The van der Waals surface area contributed by atoms with Crippen LogP contribution in [0.25, 0.3) is 0 Å². The average molecular weight is 153 g/mol. The number of nitrogens with two attached hydrogens (primary N) is 1. The van der Waals surface area contributed by atoms with Gasteiger partial charge in [0, 0.05) is 5.57 Å². The Morgan fingerprint density at radius 1 is 1.55 bits per heavy atom. The Labute approximate surface area is 65.6 Å². The molecule has 0 atom stereocenters. The van der Waals surface area contributed by atoms with Gasteiger partial charge in [0.1, 0.15) is 0 Å². The van der Waals surface area contributed by atoms with E-state index in [4.69, 9.17) is 5.73 Å². The van der Waals surface area contributed by atoms with Crippen molar-refractivity contribution in [3.8, 4) is 0 Å². The van der Waals surface area contributed by atoms with E-state index in [1.807, 2.05) is 0 Å². The van der Waals surface area contributed by atoms with Gasteiger partial charge in [-0.25, -0.2) is 0 Å². The van der Waals surface area contributed by atoms with Crippen LogP contribution in [0.2, 0.25) is 0 Å². The zero-order valence-electron chi connectivity index (χ0n) is 6.46. The number of rotatable bonds is 4. The van der Waals surface area contributed by atoms with Gasteiger partial charge in [-0.3, -0.25) is 9.59 Å². The van der Waals surface area contributed by atoms with Crippen molar-refractivity contribution in [3.05, 3.63) is 24.3 Å². The molecular formula is C8H11NO2. The lowest BCUT2D eigenvalue weighted by atomic mass is 10.1. The van der Waals surface area contributed by atoms with E-state index in [0.717, 1.165) is 0 Å². The molecule has 0 aliphatic carbocycles. The molecule has 60 valence electrons. The minimum Gasteiger partial charge on any atom is -0.369 e. The second kappa shape index (κ2) is 4.44. The summed E-state index contributed by atoms with van der Waals surface area (Å²) in [6, 6.07) is 0. The second-order valence-corrected chi connectivity index (χ2v) is 2.01. The first-order chi connectivity index (χ1) is 5.11. The highest BCUT2D eigenvalue weighted by Crippen LogP contribution is 1.99. The van der Waals surface area contributed by atoms with Crippen LogP contribution in [0.1, 0.15) is 13.3 Å². The Morgan fingerprint density at radius 3 is 2.36 bits per heavy atom. The molecule has 3 nitrogen and oxygen atoms in total. The van der Waals surface area contributed by atoms with Gasteiger partial charge in [0.05, 0.1) is 6.42 Å². The Balaban J connectivity index is 4.24. The fraction of sp³-hybridized carbons (Fsp3) is 0.250. The predicted molar refractivity (Wildman–Crippen MR) is 42.8 cm³/mol. The van der Waals surface area contributed by atoms with Crippen LogP contribution < -0.4 is 5.73 Å². The van der Waals surface area contributed by atoms with E-state index in [1.54, 1.807) is 13.0 Å². The van der Waals surface area contributed by atoms with Crippen LogP contribution in [0.5, 0.6) is 0 Å². The van der Waals surface area contributed by atoms with E-state index >= 15 is 0 Å². The minimum atomic E-state index is -0.615. The molecule has 3 heteroatoms. The van der Waals surface area contributed by atoms with Crippen molar-refractivity contribution in [2.75, 3.05) is 0 Å². The maximum absolute atomic E-state index is 11.0. The Hall–Kier alpha value is -1.38. The molecule has 0 radical (unpaired) electrons. The van der Waals surface area contributed by atoms with Gasteiger partial charge in [0.15, 0.2) is 5.78 Å². The quantitative estimate of drug-likeness (QED) is 0.364. The maximum atomic E-state index is 11.0. The number of amides is 1. The highest BCUT2D eigenvalue weighted by atomic mass is 16.2. The highest BCUT2D eigenvalue weighted by Gasteiger charge is 2.07. The minimum absolute atomic E-state index is 0.244. The SMILES string of the molecule is C=C/C(=C\C)C(=O)CC(N)=O. The van der Waals surface area contributed by atoms with E-state index in [9.17, 15) is 9.59 Å². The molecule has 0 spiro atoms. The maximum Gasteiger partial charge on any atom is 0.225 e. The molecule has 0 aromatic rings. The van der Waals surface area contributed by atoms with E-state index in [1.165, 1.54) is 6.08 Å². The monoisotopic (exact) mass is 153 g/mol. The Kier molecular flexibility index (Phi) is 3.88. The highest BCUT2D eigenvalue weighted by molar-refractivity contribution is 6.07. The lowest BCUT2D eigenvalue weighted by Crippen LogP contribution is -2.16. The molecule has 0 fully saturated rings. The molecule has 11 heavy (non-hydrogen) atoms. The van der Waals surface area contributed by atoms with Crippen LogP contribution in [0, 0.1) is 0 Å². The van der Waals surface area contributed by atoms with Crippen molar-refractivity contribution in [2.24, 2.45) is 5.73 Å². The number of allylic oxidation sites excluding steroid dienone is 3. The zero-order chi connectivity index (χ0) is 8.85. The molecule has 0 unspecified atom stereocenters. The van der Waals surface area contributed by atoms with Gasteiger partial charge in [-0.05, 0) is 6.92 Å². The number of carbonyl (C=O) groups excluding carboxylic acids is 2. The number of carbonyl (C=O) groups is 2. The number of primary amides is 1. The van der Waals surface area contributed by atoms with Gasteiger partial charge >= 0.3 is 0 Å². The summed E-state index contributed by atoms with van der Waals surface area (Å²) in [6.07, 6.45) is 2.76. The largest absolute Gasteiger partial charge is 0.369 e. The number of Topliss-reactive ketones (excluding diaryl/α,β-unsaturated/α-hetero) is 1. The van der Waals surface area contributed by atoms with Gasteiger partial charge in [-0.15, -0.1) is 0 Å². The van der Waals surface area contributed by atoms with Gasteiger partial charge < -0.3 is 5.73 Å². The third-order valence-corrected chi connectivity index (χ3v) is 1.19.